The molecule has 212 valence electrons. The molecule has 4 atom stereocenters. The second-order valence-corrected chi connectivity index (χ2v) is 10.2. The number of benzene rings is 2. The van der Waals surface area contributed by atoms with Gasteiger partial charge >= 0.3 is 0 Å². The zero-order chi connectivity index (χ0) is 28.1. The van der Waals surface area contributed by atoms with Gasteiger partial charge in [-0.1, -0.05) is 50.2 Å². The van der Waals surface area contributed by atoms with Crippen molar-refractivity contribution in [1.82, 2.24) is 5.32 Å². The smallest absolute Gasteiger partial charge is 0.256 e. The molecular formula is C30H46N2O6. The van der Waals surface area contributed by atoms with E-state index in [1.807, 2.05) is 48.5 Å². The molecule has 1 amide bonds. The first-order chi connectivity index (χ1) is 18.2. The van der Waals surface area contributed by atoms with Gasteiger partial charge in [0.15, 0.2) is 17.1 Å². The van der Waals surface area contributed by atoms with E-state index in [0.717, 1.165) is 24.0 Å². The maximum Gasteiger partial charge on any atom is 0.256 e. The fraction of sp³-hybridized carbons (Fsp3) is 0.567. The molecule has 4 N–H and O–H groups in total. The molecule has 0 aliphatic rings. The minimum atomic E-state index is -1.16. The minimum absolute atomic E-state index is 0.0403. The Labute approximate surface area is 227 Å². The molecule has 0 heterocycles. The summed E-state index contributed by atoms with van der Waals surface area (Å²) in [6.45, 7) is 7.23. The minimum Gasteiger partial charge on any atom is -0.493 e. The largest absolute Gasteiger partial charge is 0.493 e. The molecule has 0 saturated heterocycles. The van der Waals surface area contributed by atoms with E-state index in [1.54, 1.807) is 21.1 Å². The van der Waals surface area contributed by atoms with Crippen LogP contribution in [0.1, 0.15) is 44.7 Å². The zero-order valence-electron chi connectivity index (χ0n) is 23.7. The van der Waals surface area contributed by atoms with Gasteiger partial charge in [0.25, 0.3) is 5.91 Å². The number of rotatable bonds is 17. The van der Waals surface area contributed by atoms with E-state index < -0.39 is 17.7 Å². The van der Waals surface area contributed by atoms with Crippen molar-refractivity contribution in [3.63, 3.8) is 0 Å². The molecule has 0 fully saturated rings. The average Bonchev–Trinajstić information content (AvgIpc) is 2.93. The number of amides is 1. The van der Waals surface area contributed by atoms with Crippen molar-refractivity contribution in [2.24, 2.45) is 17.6 Å². The number of methoxy groups -OCH3 is 3. The first kappa shape index (κ1) is 31.6. The first-order valence-corrected chi connectivity index (χ1v) is 13.3. The van der Waals surface area contributed by atoms with Gasteiger partial charge in [-0.2, -0.15) is 0 Å². The summed E-state index contributed by atoms with van der Waals surface area (Å²) in [6.07, 6.45) is 1.27. The van der Waals surface area contributed by atoms with Crippen LogP contribution in [-0.2, 0) is 26.3 Å². The number of carbonyl (C=O) groups is 1. The lowest BCUT2D eigenvalue weighted by atomic mass is 9.83. The van der Waals surface area contributed by atoms with E-state index in [4.69, 9.17) is 24.7 Å². The quantitative estimate of drug-likeness (QED) is 0.268. The maximum atomic E-state index is 13.0. The number of ether oxygens (including phenoxy) is 4. The maximum absolute atomic E-state index is 13.0. The molecule has 8 heteroatoms. The second-order valence-electron chi connectivity index (χ2n) is 10.2. The molecule has 8 nitrogen and oxygen atoms in total. The number of nitrogens with two attached hydrogens (primary N) is 1. The first-order valence-electron chi connectivity index (χ1n) is 13.3. The van der Waals surface area contributed by atoms with Crippen LogP contribution in [0.5, 0.6) is 11.5 Å². The molecule has 0 saturated carbocycles. The fourth-order valence-electron chi connectivity index (χ4n) is 4.36. The van der Waals surface area contributed by atoms with Crippen molar-refractivity contribution in [3.8, 4) is 11.5 Å². The average molecular weight is 531 g/mol. The highest BCUT2D eigenvalue weighted by molar-refractivity contribution is 5.86. The molecule has 0 bridgehead atoms. The third-order valence-electron chi connectivity index (χ3n) is 7.13. The highest BCUT2D eigenvalue weighted by Crippen LogP contribution is 2.31. The van der Waals surface area contributed by atoms with Crippen LogP contribution >= 0.6 is 0 Å². The summed E-state index contributed by atoms with van der Waals surface area (Å²) in [5.74, 6) is 1.63. The molecule has 2 aromatic rings. The van der Waals surface area contributed by atoms with Crippen LogP contribution in [0.25, 0.3) is 0 Å². The number of nitrogens with one attached hydrogen (secondary N) is 1. The molecule has 0 aliphatic heterocycles. The van der Waals surface area contributed by atoms with Gasteiger partial charge in [0.1, 0.15) is 0 Å². The van der Waals surface area contributed by atoms with E-state index in [-0.39, 0.29) is 18.4 Å². The Morgan fingerprint density at radius 2 is 1.76 bits per heavy atom. The van der Waals surface area contributed by atoms with E-state index in [2.05, 4.69) is 19.2 Å². The summed E-state index contributed by atoms with van der Waals surface area (Å²) in [6, 6.07) is 14.7. The van der Waals surface area contributed by atoms with Crippen molar-refractivity contribution < 1.29 is 28.8 Å². The van der Waals surface area contributed by atoms with Gasteiger partial charge in [-0.15, -0.1) is 0 Å². The van der Waals surface area contributed by atoms with Crippen LogP contribution in [0.4, 0.5) is 0 Å². The van der Waals surface area contributed by atoms with Gasteiger partial charge in [-0.3, -0.25) is 4.79 Å². The summed E-state index contributed by atoms with van der Waals surface area (Å²) in [4.78, 5) is 13.0. The lowest BCUT2D eigenvalue weighted by Crippen LogP contribution is -2.50. The predicted molar refractivity (Wildman–Crippen MR) is 149 cm³/mol. The third-order valence-corrected chi connectivity index (χ3v) is 7.13. The van der Waals surface area contributed by atoms with Crippen molar-refractivity contribution in [2.75, 3.05) is 41.1 Å². The van der Waals surface area contributed by atoms with Crippen LogP contribution in [-0.4, -0.2) is 64.2 Å². The Morgan fingerprint density at radius 1 is 1.05 bits per heavy atom. The Hall–Kier alpha value is -2.65. The highest BCUT2D eigenvalue weighted by atomic mass is 16.5. The Bertz CT molecular complexity index is 970. The summed E-state index contributed by atoms with van der Waals surface area (Å²) < 4.78 is 22.0. The SMILES string of the molecule is COCCCOc1cc(C[C@@H](C[C@H](N)[C@@H](O)CNC(=O)[C@](C)(OC)c2ccccc2)C(C)C)ccc1OC. The van der Waals surface area contributed by atoms with Gasteiger partial charge in [-0.25, -0.2) is 0 Å². The fourth-order valence-corrected chi connectivity index (χ4v) is 4.36. The molecule has 0 spiro atoms. The molecule has 38 heavy (non-hydrogen) atoms. The van der Waals surface area contributed by atoms with Crippen molar-refractivity contribution in [3.05, 3.63) is 59.7 Å². The normalized spacial score (nSPS) is 15.4. The van der Waals surface area contributed by atoms with E-state index in [0.29, 0.717) is 37.1 Å². The zero-order valence-corrected chi connectivity index (χ0v) is 23.7. The Balaban J connectivity index is 1.99. The summed E-state index contributed by atoms with van der Waals surface area (Å²) in [5.41, 5.74) is 7.11. The Kier molecular flexibility index (Phi) is 13.0. The van der Waals surface area contributed by atoms with E-state index in [9.17, 15) is 9.90 Å². The monoisotopic (exact) mass is 530 g/mol. The number of aliphatic hydroxyl groups is 1. The van der Waals surface area contributed by atoms with E-state index in [1.165, 1.54) is 7.11 Å². The van der Waals surface area contributed by atoms with Crippen LogP contribution in [0.3, 0.4) is 0 Å². The molecule has 0 unspecified atom stereocenters. The van der Waals surface area contributed by atoms with Gasteiger partial charge in [0.05, 0.1) is 19.8 Å². The van der Waals surface area contributed by atoms with Gasteiger partial charge in [0.2, 0.25) is 0 Å². The lowest BCUT2D eigenvalue weighted by Gasteiger charge is -2.30. The number of aliphatic hydroxyl groups excluding tert-OH is 1. The summed E-state index contributed by atoms with van der Waals surface area (Å²) in [5, 5.41) is 13.6. The number of carbonyl (C=O) groups excluding carboxylic acids is 1. The van der Waals surface area contributed by atoms with Crippen molar-refractivity contribution in [1.29, 1.82) is 0 Å². The standard InChI is InChI=1S/C30H46N2O6/c1-21(2)23(17-22-13-14-27(36-5)28(18-22)38-16-10-15-35-4)19-25(31)26(33)20-32-29(34)30(3,37-6)24-11-8-7-9-12-24/h7-9,11-14,18,21,23,25-26,33H,10,15-17,19-20,31H2,1-6H3,(H,32,34)/t23-,25-,26-,30+/m0/s1. The van der Waals surface area contributed by atoms with Gasteiger partial charge < -0.3 is 35.1 Å². The number of hydrogen-bond donors (Lipinski definition) is 3. The van der Waals surface area contributed by atoms with Crippen LogP contribution in [0.15, 0.2) is 48.5 Å². The van der Waals surface area contributed by atoms with Crippen LogP contribution in [0.2, 0.25) is 0 Å². The summed E-state index contributed by atoms with van der Waals surface area (Å²) in [7, 11) is 4.80. The lowest BCUT2D eigenvalue weighted by molar-refractivity contribution is -0.143. The molecule has 0 radical (unpaired) electrons. The predicted octanol–water partition coefficient (Wildman–Crippen LogP) is 3.68. The molecule has 0 aliphatic carbocycles. The van der Waals surface area contributed by atoms with Crippen LogP contribution in [0, 0.1) is 11.8 Å². The summed E-state index contributed by atoms with van der Waals surface area (Å²) >= 11 is 0. The second kappa shape index (κ2) is 15.7. The molecule has 2 aromatic carbocycles. The van der Waals surface area contributed by atoms with Crippen molar-refractivity contribution >= 4 is 5.91 Å². The topological polar surface area (TPSA) is 112 Å². The number of hydrogen-bond acceptors (Lipinski definition) is 7. The third kappa shape index (κ3) is 8.98. The Morgan fingerprint density at radius 3 is 2.37 bits per heavy atom. The molecular weight excluding hydrogens is 484 g/mol. The van der Waals surface area contributed by atoms with Gasteiger partial charge in [-0.05, 0) is 54.9 Å². The molecule has 2 rings (SSSR count). The molecule has 0 aromatic heterocycles. The highest BCUT2D eigenvalue weighted by Gasteiger charge is 2.35. The van der Waals surface area contributed by atoms with Crippen LogP contribution < -0.4 is 20.5 Å². The van der Waals surface area contributed by atoms with Crippen molar-refractivity contribution in [2.45, 2.75) is 57.8 Å². The van der Waals surface area contributed by atoms with Gasteiger partial charge in [0, 0.05) is 39.8 Å². The van der Waals surface area contributed by atoms with E-state index >= 15 is 0 Å².